The van der Waals surface area contributed by atoms with E-state index in [9.17, 15) is 4.79 Å². The lowest BCUT2D eigenvalue weighted by atomic mass is 9.90. The minimum Gasteiger partial charge on any atom is -0.413 e. The van der Waals surface area contributed by atoms with E-state index < -0.39 is 16.6 Å². The number of unbranched alkanes of at least 4 members (excludes halogenated alkanes) is 3. The fraction of sp³-hybridized carbons (Fsp3) is 0.828. The number of hydrogen-bond acceptors (Lipinski definition) is 3. The highest BCUT2D eigenvalue weighted by molar-refractivity contribution is 6.74. The Labute approximate surface area is 214 Å². The number of carbonyl (C=O) groups is 1. The van der Waals surface area contributed by atoms with Gasteiger partial charge in [-0.3, -0.25) is 4.79 Å². The number of allylic oxidation sites excluding steroid dienone is 1. The first-order chi connectivity index (χ1) is 15.5. The van der Waals surface area contributed by atoms with Gasteiger partial charge in [0.2, 0.25) is 0 Å². The maximum Gasteiger partial charge on any atom is 0.192 e. The van der Waals surface area contributed by atoms with Crippen molar-refractivity contribution in [3.05, 3.63) is 24.8 Å². The molecule has 0 amide bonds. The molecular formula is C29H56O3Si2. The molecule has 0 aromatic heterocycles. The third-order valence-corrected chi connectivity index (χ3v) is 17.5. The Bertz CT molecular complexity index is 682. The van der Waals surface area contributed by atoms with E-state index in [1.165, 1.54) is 25.7 Å². The Hall–Kier alpha value is -0.496. The molecule has 0 spiro atoms. The van der Waals surface area contributed by atoms with Crippen LogP contribution < -0.4 is 0 Å². The van der Waals surface area contributed by atoms with Gasteiger partial charge in [-0.1, -0.05) is 92.4 Å². The quantitative estimate of drug-likeness (QED) is 0.141. The lowest BCUT2D eigenvalue weighted by Crippen LogP contribution is -2.45. The van der Waals surface area contributed by atoms with Crippen LogP contribution in [0, 0.1) is 11.8 Å². The Morgan fingerprint density at radius 1 is 1.00 bits per heavy atom. The Morgan fingerprint density at radius 2 is 1.59 bits per heavy atom. The van der Waals surface area contributed by atoms with Crippen molar-refractivity contribution in [1.82, 2.24) is 0 Å². The smallest absolute Gasteiger partial charge is 0.192 e. The molecule has 4 atom stereocenters. The number of hydrogen-bond donors (Lipinski definition) is 0. The Kier molecular flexibility index (Phi) is 11.7. The van der Waals surface area contributed by atoms with E-state index in [1.807, 2.05) is 6.08 Å². The maximum atomic E-state index is 13.0. The fourth-order valence-electron chi connectivity index (χ4n) is 4.14. The monoisotopic (exact) mass is 508 g/mol. The highest BCUT2D eigenvalue weighted by atomic mass is 28.4. The van der Waals surface area contributed by atoms with Crippen LogP contribution in [0.5, 0.6) is 0 Å². The molecule has 0 radical (unpaired) electrons. The van der Waals surface area contributed by atoms with E-state index >= 15 is 0 Å². The first-order valence-corrected chi connectivity index (χ1v) is 19.5. The summed E-state index contributed by atoms with van der Waals surface area (Å²) in [6.07, 6.45) is 13.8. The first kappa shape index (κ1) is 31.5. The lowest BCUT2D eigenvalue weighted by molar-refractivity contribution is -0.121. The molecule has 0 bridgehead atoms. The van der Waals surface area contributed by atoms with Gasteiger partial charge < -0.3 is 8.85 Å². The number of rotatable bonds is 13. The minimum absolute atomic E-state index is 0.0304. The summed E-state index contributed by atoms with van der Waals surface area (Å²) in [5.74, 6) is 0.390. The van der Waals surface area contributed by atoms with Crippen LogP contribution in [-0.4, -0.2) is 34.6 Å². The number of carbonyl (C=O) groups excluding carboxylic acids is 1. The van der Waals surface area contributed by atoms with Crippen molar-refractivity contribution < 1.29 is 13.6 Å². The summed E-state index contributed by atoms with van der Waals surface area (Å²) in [4.78, 5) is 13.0. The van der Waals surface area contributed by atoms with E-state index in [0.717, 1.165) is 12.8 Å². The SMILES string of the molecule is C=CC[C@@H]1C(=O)C[C@@H](O[Si](C)(C)C(C)(C)C)[C@@H]1C=C[C@H](CCCCCC)O[Si](C)(C)C(C)(C)C. The van der Waals surface area contributed by atoms with Crippen LogP contribution in [0.1, 0.15) is 93.4 Å². The largest absolute Gasteiger partial charge is 0.413 e. The van der Waals surface area contributed by atoms with E-state index in [4.69, 9.17) is 8.85 Å². The molecule has 1 aliphatic carbocycles. The summed E-state index contributed by atoms with van der Waals surface area (Å²) in [7, 11) is -3.88. The first-order valence-electron chi connectivity index (χ1n) is 13.6. The summed E-state index contributed by atoms with van der Waals surface area (Å²) >= 11 is 0. The van der Waals surface area contributed by atoms with Crippen LogP contribution in [0.2, 0.25) is 36.3 Å². The van der Waals surface area contributed by atoms with Crippen LogP contribution in [-0.2, 0) is 13.6 Å². The second kappa shape index (κ2) is 12.6. The lowest BCUT2D eigenvalue weighted by Gasteiger charge is -2.40. The summed E-state index contributed by atoms with van der Waals surface area (Å²) in [5.41, 5.74) is 0. The maximum absolute atomic E-state index is 13.0. The topological polar surface area (TPSA) is 35.5 Å². The van der Waals surface area contributed by atoms with Crippen molar-refractivity contribution in [2.45, 2.75) is 142 Å². The fourth-order valence-corrected chi connectivity index (χ4v) is 6.79. The Morgan fingerprint density at radius 3 is 2.09 bits per heavy atom. The standard InChI is InChI=1S/C29H56O3Si2/c1-13-15-16-17-19-23(31-33(9,10)28(3,4)5)20-21-25-24(18-14-2)26(30)22-27(25)32-34(11,12)29(6,7)8/h14,20-21,23-25,27H,2,13,15-19,22H2,1,3-12H3/t23-,24-,25+,27+/m0/s1. The molecule has 34 heavy (non-hydrogen) atoms. The van der Waals surface area contributed by atoms with E-state index in [1.54, 1.807) is 0 Å². The zero-order valence-corrected chi connectivity index (χ0v) is 26.4. The van der Waals surface area contributed by atoms with Crippen molar-refractivity contribution in [3.8, 4) is 0 Å². The highest BCUT2D eigenvalue weighted by Crippen LogP contribution is 2.43. The summed E-state index contributed by atoms with van der Waals surface area (Å²) in [5, 5.41) is 0.291. The molecule has 0 aromatic carbocycles. The second-order valence-corrected chi connectivity index (χ2v) is 23.0. The normalized spacial score (nSPS) is 23.6. The van der Waals surface area contributed by atoms with Crippen molar-refractivity contribution in [3.63, 3.8) is 0 Å². The van der Waals surface area contributed by atoms with Crippen LogP contribution in [0.4, 0.5) is 0 Å². The summed E-state index contributed by atoms with van der Waals surface area (Å²) in [6.45, 7) is 29.1. The van der Waals surface area contributed by atoms with Gasteiger partial charge in [-0.05, 0) is 49.1 Å². The number of ketones is 1. The van der Waals surface area contributed by atoms with Gasteiger partial charge >= 0.3 is 0 Å². The third kappa shape index (κ3) is 8.86. The molecular weight excluding hydrogens is 452 g/mol. The van der Waals surface area contributed by atoms with Crippen molar-refractivity contribution in [2.24, 2.45) is 11.8 Å². The number of Topliss-reactive ketones (excluding diaryl/α,β-unsaturated/α-hetero) is 1. The van der Waals surface area contributed by atoms with Gasteiger partial charge in [0.25, 0.3) is 0 Å². The van der Waals surface area contributed by atoms with Gasteiger partial charge in [-0.2, -0.15) is 0 Å². The minimum atomic E-state index is -1.98. The van der Waals surface area contributed by atoms with Crippen LogP contribution in [0.3, 0.4) is 0 Å². The molecule has 1 saturated carbocycles. The molecule has 5 heteroatoms. The highest BCUT2D eigenvalue weighted by Gasteiger charge is 2.47. The van der Waals surface area contributed by atoms with Gasteiger partial charge in [0.1, 0.15) is 5.78 Å². The molecule has 198 valence electrons. The van der Waals surface area contributed by atoms with Gasteiger partial charge in [0.05, 0.1) is 12.2 Å². The predicted octanol–water partition coefficient (Wildman–Crippen LogP) is 9.08. The molecule has 0 aromatic rings. The molecule has 0 N–H and O–H groups in total. The van der Waals surface area contributed by atoms with Gasteiger partial charge in [0.15, 0.2) is 16.6 Å². The molecule has 3 nitrogen and oxygen atoms in total. The average Bonchev–Trinajstić information content (AvgIpc) is 2.95. The van der Waals surface area contributed by atoms with Gasteiger partial charge in [0, 0.05) is 18.3 Å². The van der Waals surface area contributed by atoms with Gasteiger partial charge in [-0.25, -0.2) is 0 Å². The van der Waals surface area contributed by atoms with E-state index in [0.29, 0.717) is 12.2 Å². The van der Waals surface area contributed by atoms with Crippen molar-refractivity contribution in [1.29, 1.82) is 0 Å². The molecule has 1 fully saturated rings. The van der Waals surface area contributed by atoms with Gasteiger partial charge in [-0.15, -0.1) is 6.58 Å². The predicted molar refractivity (Wildman–Crippen MR) is 153 cm³/mol. The van der Waals surface area contributed by atoms with E-state index in [-0.39, 0.29) is 34.1 Å². The van der Waals surface area contributed by atoms with E-state index in [2.05, 4.69) is 93.4 Å². The van der Waals surface area contributed by atoms with Crippen molar-refractivity contribution >= 4 is 22.4 Å². The molecule has 0 unspecified atom stereocenters. The van der Waals surface area contributed by atoms with Crippen molar-refractivity contribution in [2.75, 3.05) is 0 Å². The van der Waals surface area contributed by atoms with Crippen LogP contribution in [0.15, 0.2) is 24.8 Å². The zero-order chi connectivity index (χ0) is 26.4. The molecule has 0 aliphatic heterocycles. The molecule has 0 heterocycles. The zero-order valence-electron chi connectivity index (χ0n) is 24.4. The Balaban J connectivity index is 3.19. The molecule has 1 aliphatic rings. The van der Waals surface area contributed by atoms with Crippen LogP contribution >= 0.6 is 0 Å². The molecule has 1 rings (SSSR count). The average molecular weight is 509 g/mol. The summed E-state index contributed by atoms with van der Waals surface area (Å²) < 4.78 is 13.7. The molecule has 0 saturated heterocycles. The second-order valence-electron chi connectivity index (χ2n) is 13.4. The summed E-state index contributed by atoms with van der Waals surface area (Å²) in [6, 6.07) is 0. The third-order valence-electron chi connectivity index (χ3n) is 8.53. The van der Waals surface area contributed by atoms with Crippen LogP contribution in [0.25, 0.3) is 0 Å².